The van der Waals surface area contributed by atoms with Gasteiger partial charge >= 0.3 is 0 Å². The summed E-state index contributed by atoms with van der Waals surface area (Å²) in [6.45, 7) is 1.81. The molecule has 1 heterocycles. The van der Waals surface area contributed by atoms with Gasteiger partial charge in [0.05, 0.1) is 10.9 Å². The first-order valence-corrected chi connectivity index (χ1v) is 4.00. The normalized spacial score (nSPS) is 10.5. The van der Waals surface area contributed by atoms with Gasteiger partial charge in [-0.05, 0) is 19.1 Å². The maximum atomic E-state index is 11.4. The van der Waals surface area contributed by atoms with Crippen LogP contribution in [0.3, 0.4) is 0 Å². The highest BCUT2D eigenvalue weighted by Gasteiger charge is 2.03. The van der Waals surface area contributed by atoms with E-state index in [4.69, 9.17) is 0 Å². The van der Waals surface area contributed by atoms with Crippen molar-refractivity contribution < 1.29 is 5.11 Å². The van der Waals surface area contributed by atoms with Crippen molar-refractivity contribution >= 4 is 10.9 Å². The first kappa shape index (κ1) is 7.86. The summed E-state index contributed by atoms with van der Waals surface area (Å²) < 4.78 is 0. The number of hydrogen-bond acceptors (Lipinski definition) is 2. The molecule has 2 rings (SSSR count). The van der Waals surface area contributed by atoms with Crippen LogP contribution in [-0.4, -0.2) is 10.1 Å². The number of phenols is 1. The monoisotopic (exact) mass is 175 g/mol. The van der Waals surface area contributed by atoms with Crippen molar-refractivity contribution in [3.8, 4) is 5.75 Å². The molecule has 13 heavy (non-hydrogen) atoms. The summed E-state index contributed by atoms with van der Waals surface area (Å²) in [5.41, 5.74) is 1.32. The fraction of sp³-hybridized carbons (Fsp3) is 0.100. The number of benzene rings is 1. The van der Waals surface area contributed by atoms with E-state index in [0.29, 0.717) is 10.9 Å². The lowest BCUT2D eigenvalue weighted by Crippen LogP contribution is -2.02. The molecule has 0 radical (unpaired) electrons. The predicted molar refractivity (Wildman–Crippen MR) is 51.0 cm³/mol. The lowest BCUT2D eigenvalue weighted by Gasteiger charge is -2.00. The first-order valence-electron chi connectivity index (χ1n) is 4.00. The second-order valence-corrected chi connectivity index (χ2v) is 3.02. The highest BCUT2D eigenvalue weighted by molar-refractivity contribution is 5.84. The number of pyridine rings is 1. The van der Waals surface area contributed by atoms with Crippen LogP contribution in [0, 0.1) is 6.92 Å². The van der Waals surface area contributed by atoms with Gasteiger partial charge in [0.25, 0.3) is 0 Å². The van der Waals surface area contributed by atoms with Crippen LogP contribution in [0.25, 0.3) is 10.9 Å². The summed E-state index contributed by atoms with van der Waals surface area (Å²) >= 11 is 0. The van der Waals surface area contributed by atoms with Crippen molar-refractivity contribution in [3.05, 3.63) is 40.2 Å². The largest absolute Gasteiger partial charge is 0.507 e. The number of fused-ring (bicyclic) bond motifs is 1. The number of aromatic nitrogens is 1. The number of rotatable bonds is 0. The zero-order valence-electron chi connectivity index (χ0n) is 7.16. The quantitative estimate of drug-likeness (QED) is 0.638. The average Bonchev–Trinajstić information content (AvgIpc) is 2.02. The highest BCUT2D eigenvalue weighted by atomic mass is 16.3. The Kier molecular flexibility index (Phi) is 1.59. The maximum Gasteiger partial charge on any atom is 0.193 e. The molecule has 1 aromatic carbocycles. The summed E-state index contributed by atoms with van der Waals surface area (Å²) in [5, 5.41) is 9.78. The Balaban J connectivity index is 3.03. The fourth-order valence-electron chi connectivity index (χ4n) is 1.42. The van der Waals surface area contributed by atoms with E-state index in [-0.39, 0.29) is 11.2 Å². The first-order chi connectivity index (χ1) is 6.18. The van der Waals surface area contributed by atoms with Crippen LogP contribution >= 0.6 is 0 Å². The minimum absolute atomic E-state index is 0.0266. The highest BCUT2D eigenvalue weighted by Crippen LogP contribution is 2.18. The van der Waals surface area contributed by atoms with Gasteiger partial charge in [0, 0.05) is 11.8 Å². The fourth-order valence-corrected chi connectivity index (χ4v) is 1.42. The van der Waals surface area contributed by atoms with Crippen LogP contribution in [0.15, 0.2) is 29.1 Å². The van der Waals surface area contributed by atoms with Gasteiger partial charge in [0.1, 0.15) is 5.75 Å². The maximum absolute atomic E-state index is 11.4. The van der Waals surface area contributed by atoms with Gasteiger partial charge in [-0.25, -0.2) is 0 Å². The van der Waals surface area contributed by atoms with Crippen molar-refractivity contribution in [1.82, 2.24) is 4.98 Å². The molecular formula is C10H9NO2. The minimum Gasteiger partial charge on any atom is -0.507 e. The molecule has 3 heteroatoms. The van der Waals surface area contributed by atoms with Crippen molar-refractivity contribution in [2.45, 2.75) is 6.92 Å². The standard InChI is InChI=1S/C10H9NO2/c1-6-5-9(13)10-7(11-6)3-2-4-8(10)12/h2-5,12H,1H3,(H,11,13). The molecule has 0 saturated heterocycles. The van der Waals surface area contributed by atoms with Gasteiger partial charge in [0.15, 0.2) is 5.43 Å². The molecule has 0 aliphatic heterocycles. The molecule has 0 aliphatic carbocycles. The summed E-state index contributed by atoms with van der Waals surface area (Å²) in [7, 11) is 0. The van der Waals surface area contributed by atoms with E-state index >= 15 is 0 Å². The van der Waals surface area contributed by atoms with E-state index in [1.165, 1.54) is 12.1 Å². The number of phenolic OH excluding ortho intramolecular Hbond substituents is 1. The Morgan fingerprint density at radius 3 is 2.92 bits per heavy atom. The molecule has 0 saturated carbocycles. The SMILES string of the molecule is Cc1cc(=O)c2c(O)cccc2[nH]1. The molecule has 0 bridgehead atoms. The molecular weight excluding hydrogens is 166 g/mol. The van der Waals surface area contributed by atoms with Crippen LogP contribution in [-0.2, 0) is 0 Å². The topological polar surface area (TPSA) is 53.1 Å². The number of aromatic amines is 1. The molecule has 0 atom stereocenters. The molecule has 66 valence electrons. The Labute approximate surface area is 74.7 Å². The van der Waals surface area contributed by atoms with Crippen molar-refractivity contribution in [2.24, 2.45) is 0 Å². The van der Waals surface area contributed by atoms with E-state index in [2.05, 4.69) is 4.98 Å². The van der Waals surface area contributed by atoms with Crippen LogP contribution in [0.2, 0.25) is 0 Å². The Morgan fingerprint density at radius 2 is 2.15 bits per heavy atom. The lowest BCUT2D eigenvalue weighted by atomic mass is 10.2. The third-order valence-electron chi connectivity index (χ3n) is 1.97. The van der Waals surface area contributed by atoms with Gasteiger partial charge in [0.2, 0.25) is 0 Å². The van der Waals surface area contributed by atoms with Gasteiger partial charge in [-0.1, -0.05) is 6.07 Å². The van der Waals surface area contributed by atoms with Gasteiger partial charge in [-0.3, -0.25) is 4.79 Å². The van der Waals surface area contributed by atoms with E-state index in [1.807, 2.05) is 6.92 Å². The Morgan fingerprint density at radius 1 is 1.38 bits per heavy atom. The van der Waals surface area contributed by atoms with Crippen molar-refractivity contribution in [1.29, 1.82) is 0 Å². The number of hydrogen-bond donors (Lipinski definition) is 2. The number of nitrogens with one attached hydrogen (secondary N) is 1. The van der Waals surface area contributed by atoms with E-state index in [1.54, 1.807) is 12.1 Å². The molecule has 0 fully saturated rings. The number of aryl methyl sites for hydroxylation is 1. The van der Waals surface area contributed by atoms with Crippen molar-refractivity contribution in [2.75, 3.05) is 0 Å². The van der Waals surface area contributed by atoms with Gasteiger partial charge < -0.3 is 10.1 Å². The molecule has 2 N–H and O–H groups in total. The zero-order valence-corrected chi connectivity index (χ0v) is 7.16. The molecule has 2 aromatic rings. The lowest BCUT2D eigenvalue weighted by molar-refractivity contribution is 0.481. The van der Waals surface area contributed by atoms with Crippen LogP contribution in [0.4, 0.5) is 0 Å². The van der Waals surface area contributed by atoms with Gasteiger partial charge in [-0.2, -0.15) is 0 Å². The molecule has 0 amide bonds. The number of H-pyrrole nitrogens is 1. The smallest absolute Gasteiger partial charge is 0.193 e. The second-order valence-electron chi connectivity index (χ2n) is 3.02. The van der Waals surface area contributed by atoms with Crippen LogP contribution in [0.5, 0.6) is 5.75 Å². The van der Waals surface area contributed by atoms with Crippen LogP contribution < -0.4 is 5.43 Å². The molecule has 1 aromatic heterocycles. The zero-order chi connectivity index (χ0) is 9.42. The number of aromatic hydroxyl groups is 1. The van der Waals surface area contributed by atoms with E-state index < -0.39 is 0 Å². The summed E-state index contributed by atoms with van der Waals surface area (Å²) in [6, 6.07) is 6.45. The van der Waals surface area contributed by atoms with Crippen molar-refractivity contribution in [3.63, 3.8) is 0 Å². The van der Waals surface area contributed by atoms with Gasteiger partial charge in [-0.15, -0.1) is 0 Å². The van der Waals surface area contributed by atoms with Crippen LogP contribution in [0.1, 0.15) is 5.69 Å². The second kappa shape index (κ2) is 2.62. The Bertz CT molecular complexity index is 514. The van der Waals surface area contributed by atoms with E-state index in [9.17, 15) is 9.90 Å². The molecule has 0 aliphatic rings. The summed E-state index contributed by atoms with van der Waals surface area (Å²) in [4.78, 5) is 14.5. The summed E-state index contributed by atoms with van der Waals surface area (Å²) in [5.74, 6) is 0.0266. The minimum atomic E-state index is -0.149. The third-order valence-corrected chi connectivity index (χ3v) is 1.97. The Hall–Kier alpha value is -1.77. The van der Waals surface area contributed by atoms with E-state index in [0.717, 1.165) is 5.69 Å². The molecule has 0 unspecified atom stereocenters. The predicted octanol–water partition coefficient (Wildman–Crippen LogP) is 1.54. The average molecular weight is 175 g/mol. The molecule has 3 nitrogen and oxygen atoms in total. The summed E-state index contributed by atoms with van der Waals surface area (Å²) in [6.07, 6.45) is 0. The third kappa shape index (κ3) is 1.18. The molecule has 0 spiro atoms.